The number of nitrogens with one attached hydrogen (secondary N) is 1. The van der Waals surface area contributed by atoms with Gasteiger partial charge in [-0.05, 0) is 30.2 Å². The standard InChI is InChI=1S/C21H26N4O3/c1-16-10-17(13-22-12-16)14-24-4-6-25(7-5-24)15-21(26)23-18-2-3-19-20(11-18)28-9-8-27-19/h2-3,10-13H,4-9,14-15H2,1H3,(H,23,26). The first kappa shape index (κ1) is 18.7. The minimum Gasteiger partial charge on any atom is -0.486 e. The van der Waals surface area contributed by atoms with E-state index in [-0.39, 0.29) is 5.91 Å². The molecule has 7 heteroatoms. The number of aromatic nitrogens is 1. The number of amides is 1. The van der Waals surface area contributed by atoms with Gasteiger partial charge in [-0.2, -0.15) is 0 Å². The van der Waals surface area contributed by atoms with E-state index in [1.165, 1.54) is 11.1 Å². The fraction of sp³-hybridized carbons (Fsp3) is 0.429. The van der Waals surface area contributed by atoms with Gasteiger partial charge >= 0.3 is 0 Å². The van der Waals surface area contributed by atoms with Crippen LogP contribution in [0, 0.1) is 6.92 Å². The molecule has 1 saturated heterocycles. The van der Waals surface area contributed by atoms with E-state index in [1.807, 2.05) is 30.6 Å². The number of rotatable bonds is 5. The van der Waals surface area contributed by atoms with Gasteiger partial charge < -0.3 is 14.8 Å². The van der Waals surface area contributed by atoms with Crippen LogP contribution in [-0.2, 0) is 11.3 Å². The molecule has 0 aliphatic carbocycles. The minimum atomic E-state index is -0.00647. The van der Waals surface area contributed by atoms with Crippen LogP contribution >= 0.6 is 0 Å². The summed E-state index contributed by atoms with van der Waals surface area (Å²) in [6.07, 6.45) is 3.81. The molecular weight excluding hydrogens is 356 g/mol. The van der Waals surface area contributed by atoms with Gasteiger partial charge in [-0.15, -0.1) is 0 Å². The Kier molecular flexibility index (Phi) is 5.73. The van der Waals surface area contributed by atoms with Crippen LogP contribution in [0.4, 0.5) is 5.69 Å². The van der Waals surface area contributed by atoms with E-state index in [9.17, 15) is 4.79 Å². The number of carbonyl (C=O) groups is 1. The Hall–Kier alpha value is -2.64. The minimum absolute atomic E-state index is 0.00647. The number of benzene rings is 1. The highest BCUT2D eigenvalue weighted by atomic mass is 16.6. The van der Waals surface area contributed by atoms with E-state index in [0.717, 1.165) is 44.2 Å². The molecule has 0 radical (unpaired) electrons. The maximum absolute atomic E-state index is 12.4. The number of pyridine rings is 1. The SMILES string of the molecule is Cc1cncc(CN2CCN(CC(=O)Nc3ccc4c(c3)OCCO4)CC2)c1. The summed E-state index contributed by atoms with van der Waals surface area (Å²) >= 11 is 0. The van der Waals surface area contributed by atoms with E-state index in [4.69, 9.17) is 9.47 Å². The Morgan fingerprint density at radius 3 is 2.57 bits per heavy atom. The van der Waals surface area contributed by atoms with Crippen LogP contribution in [0.15, 0.2) is 36.7 Å². The van der Waals surface area contributed by atoms with Crippen molar-refractivity contribution < 1.29 is 14.3 Å². The zero-order valence-corrected chi connectivity index (χ0v) is 16.2. The molecule has 1 aromatic heterocycles. The van der Waals surface area contributed by atoms with E-state index in [1.54, 1.807) is 0 Å². The van der Waals surface area contributed by atoms with Crippen molar-refractivity contribution in [3.63, 3.8) is 0 Å². The lowest BCUT2D eigenvalue weighted by Gasteiger charge is -2.34. The van der Waals surface area contributed by atoms with Gasteiger partial charge in [0, 0.05) is 56.9 Å². The molecule has 1 N–H and O–H groups in total. The van der Waals surface area contributed by atoms with Crippen molar-refractivity contribution in [2.75, 3.05) is 51.3 Å². The summed E-state index contributed by atoms with van der Waals surface area (Å²) in [7, 11) is 0. The number of aryl methyl sites for hydroxylation is 1. The van der Waals surface area contributed by atoms with Crippen molar-refractivity contribution in [1.82, 2.24) is 14.8 Å². The van der Waals surface area contributed by atoms with Crippen molar-refractivity contribution in [2.45, 2.75) is 13.5 Å². The predicted molar refractivity (Wildman–Crippen MR) is 107 cm³/mol. The summed E-state index contributed by atoms with van der Waals surface area (Å²) < 4.78 is 11.1. The van der Waals surface area contributed by atoms with Crippen LogP contribution in [-0.4, -0.2) is 66.6 Å². The lowest BCUT2D eigenvalue weighted by Crippen LogP contribution is -2.48. The molecule has 0 saturated carbocycles. The second-order valence-corrected chi connectivity index (χ2v) is 7.33. The largest absolute Gasteiger partial charge is 0.486 e. The van der Waals surface area contributed by atoms with Gasteiger partial charge in [-0.3, -0.25) is 19.6 Å². The van der Waals surface area contributed by atoms with Crippen LogP contribution in [0.3, 0.4) is 0 Å². The molecule has 2 aliphatic heterocycles. The number of piperazine rings is 1. The van der Waals surface area contributed by atoms with Crippen molar-refractivity contribution in [2.24, 2.45) is 0 Å². The summed E-state index contributed by atoms with van der Waals surface area (Å²) in [6, 6.07) is 7.68. The molecule has 2 aromatic rings. The third-order valence-electron chi connectivity index (χ3n) is 5.00. The first-order valence-corrected chi connectivity index (χ1v) is 9.70. The molecule has 4 rings (SSSR count). The molecule has 1 amide bonds. The summed E-state index contributed by atoms with van der Waals surface area (Å²) in [5, 5.41) is 2.96. The summed E-state index contributed by atoms with van der Waals surface area (Å²) in [5.74, 6) is 1.40. The molecule has 0 bridgehead atoms. The zero-order chi connectivity index (χ0) is 19.3. The number of fused-ring (bicyclic) bond motifs is 1. The number of anilines is 1. The lowest BCUT2D eigenvalue weighted by atomic mass is 10.2. The Morgan fingerprint density at radius 1 is 1.04 bits per heavy atom. The Balaban J connectivity index is 1.24. The quantitative estimate of drug-likeness (QED) is 0.852. The summed E-state index contributed by atoms with van der Waals surface area (Å²) in [4.78, 5) is 21.3. The Morgan fingerprint density at radius 2 is 1.79 bits per heavy atom. The molecule has 0 unspecified atom stereocenters. The average Bonchev–Trinajstić information content (AvgIpc) is 2.69. The summed E-state index contributed by atoms with van der Waals surface area (Å²) in [5.41, 5.74) is 3.16. The van der Waals surface area contributed by atoms with E-state index >= 15 is 0 Å². The number of hydrogen-bond donors (Lipinski definition) is 1. The molecule has 0 atom stereocenters. The smallest absolute Gasteiger partial charge is 0.238 e. The maximum atomic E-state index is 12.4. The second kappa shape index (κ2) is 8.58. The number of nitrogens with zero attached hydrogens (tertiary/aromatic N) is 3. The second-order valence-electron chi connectivity index (χ2n) is 7.33. The van der Waals surface area contributed by atoms with Gasteiger partial charge in [-0.1, -0.05) is 6.07 Å². The Labute approximate surface area is 165 Å². The normalized spacial score (nSPS) is 17.3. The molecule has 7 nitrogen and oxygen atoms in total. The van der Waals surface area contributed by atoms with Crippen molar-refractivity contribution in [1.29, 1.82) is 0 Å². The van der Waals surface area contributed by atoms with Gasteiger partial charge in [0.15, 0.2) is 11.5 Å². The molecule has 2 aliphatic rings. The highest BCUT2D eigenvalue weighted by Gasteiger charge is 2.20. The fourth-order valence-electron chi connectivity index (χ4n) is 3.59. The highest BCUT2D eigenvalue weighted by molar-refractivity contribution is 5.92. The first-order chi connectivity index (χ1) is 13.7. The zero-order valence-electron chi connectivity index (χ0n) is 16.2. The molecule has 1 fully saturated rings. The van der Waals surface area contributed by atoms with E-state index < -0.39 is 0 Å². The molecular formula is C21H26N4O3. The average molecular weight is 382 g/mol. The van der Waals surface area contributed by atoms with Gasteiger partial charge in [0.2, 0.25) is 5.91 Å². The van der Waals surface area contributed by atoms with Crippen LogP contribution in [0.5, 0.6) is 11.5 Å². The van der Waals surface area contributed by atoms with E-state index in [0.29, 0.717) is 25.5 Å². The fourth-order valence-corrected chi connectivity index (χ4v) is 3.59. The maximum Gasteiger partial charge on any atom is 0.238 e. The van der Waals surface area contributed by atoms with Gasteiger partial charge in [0.05, 0.1) is 6.54 Å². The number of hydrogen-bond acceptors (Lipinski definition) is 6. The molecule has 148 valence electrons. The van der Waals surface area contributed by atoms with Gasteiger partial charge in [0.1, 0.15) is 13.2 Å². The van der Waals surface area contributed by atoms with Gasteiger partial charge in [-0.25, -0.2) is 0 Å². The molecule has 28 heavy (non-hydrogen) atoms. The predicted octanol–water partition coefficient (Wildman–Crippen LogP) is 1.92. The van der Waals surface area contributed by atoms with Gasteiger partial charge in [0.25, 0.3) is 0 Å². The topological polar surface area (TPSA) is 66.9 Å². The van der Waals surface area contributed by atoms with Crippen molar-refractivity contribution >= 4 is 11.6 Å². The first-order valence-electron chi connectivity index (χ1n) is 9.70. The number of ether oxygens (including phenoxy) is 2. The number of carbonyl (C=O) groups excluding carboxylic acids is 1. The Bertz CT molecular complexity index is 834. The van der Waals surface area contributed by atoms with E-state index in [2.05, 4.69) is 33.1 Å². The van der Waals surface area contributed by atoms with Crippen LogP contribution in [0.1, 0.15) is 11.1 Å². The van der Waals surface area contributed by atoms with Crippen LogP contribution < -0.4 is 14.8 Å². The highest BCUT2D eigenvalue weighted by Crippen LogP contribution is 2.32. The molecule has 3 heterocycles. The van der Waals surface area contributed by atoms with Crippen LogP contribution in [0.2, 0.25) is 0 Å². The van der Waals surface area contributed by atoms with Crippen LogP contribution in [0.25, 0.3) is 0 Å². The van der Waals surface area contributed by atoms with Crippen molar-refractivity contribution in [3.05, 3.63) is 47.8 Å². The molecule has 1 aromatic carbocycles. The summed E-state index contributed by atoms with van der Waals surface area (Å²) in [6.45, 7) is 8.13. The van der Waals surface area contributed by atoms with Crippen molar-refractivity contribution in [3.8, 4) is 11.5 Å². The lowest BCUT2D eigenvalue weighted by molar-refractivity contribution is -0.117. The third kappa shape index (κ3) is 4.79. The molecule has 0 spiro atoms. The monoisotopic (exact) mass is 382 g/mol. The third-order valence-corrected chi connectivity index (χ3v) is 5.00.